The summed E-state index contributed by atoms with van der Waals surface area (Å²) < 4.78 is 10.5. The first-order valence-electron chi connectivity index (χ1n) is 11.3. The lowest BCUT2D eigenvalue weighted by molar-refractivity contribution is -0.141. The Bertz CT molecular complexity index is 1310. The molecule has 190 valence electrons. The van der Waals surface area contributed by atoms with Gasteiger partial charge >= 0.3 is 12.0 Å². The van der Waals surface area contributed by atoms with Crippen molar-refractivity contribution in [3.05, 3.63) is 83.9 Å². The Morgan fingerprint density at radius 1 is 0.838 bits per heavy atom. The highest BCUT2D eigenvalue weighted by Crippen LogP contribution is 2.32. The fourth-order valence-corrected chi connectivity index (χ4v) is 3.56. The van der Waals surface area contributed by atoms with E-state index in [1.54, 1.807) is 54.6 Å². The van der Waals surface area contributed by atoms with Crippen LogP contribution >= 0.6 is 0 Å². The molecular formula is C26H24N4O7. The SMILES string of the molecule is O=C(CNC(=O)c1cccc(NC(=O)Nc2ccccc2)c1)NC(Cc1ccc2c(c1)OCO2)C(=O)O. The van der Waals surface area contributed by atoms with E-state index in [1.807, 2.05) is 6.07 Å². The van der Waals surface area contributed by atoms with Gasteiger partial charge in [0.1, 0.15) is 6.04 Å². The van der Waals surface area contributed by atoms with Crippen LogP contribution in [0.25, 0.3) is 0 Å². The Morgan fingerprint density at radius 3 is 2.35 bits per heavy atom. The van der Waals surface area contributed by atoms with Gasteiger partial charge in [-0.2, -0.15) is 0 Å². The van der Waals surface area contributed by atoms with Crippen LogP contribution in [-0.2, 0) is 16.0 Å². The van der Waals surface area contributed by atoms with Gasteiger partial charge in [0.2, 0.25) is 12.7 Å². The van der Waals surface area contributed by atoms with Gasteiger partial charge < -0.3 is 35.8 Å². The van der Waals surface area contributed by atoms with E-state index in [0.717, 1.165) is 0 Å². The lowest BCUT2D eigenvalue weighted by Crippen LogP contribution is -2.46. The van der Waals surface area contributed by atoms with E-state index in [-0.39, 0.29) is 18.8 Å². The molecule has 0 fully saturated rings. The minimum absolute atomic E-state index is 0.0183. The number of urea groups is 1. The molecule has 0 saturated carbocycles. The van der Waals surface area contributed by atoms with Crippen molar-refractivity contribution >= 4 is 35.2 Å². The van der Waals surface area contributed by atoms with Gasteiger partial charge in [0, 0.05) is 23.4 Å². The third-order valence-corrected chi connectivity index (χ3v) is 5.33. The molecule has 1 heterocycles. The topological polar surface area (TPSA) is 155 Å². The van der Waals surface area contributed by atoms with Gasteiger partial charge in [-0.15, -0.1) is 0 Å². The quantitative estimate of drug-likeness (QED) is 0.300. The molecule has 5 N–H and O–H groups in total. The number of carbonyl (C=O) groups is 4. The highest BCUT2D eigenvalue weighted by atomic mass is 16.7. The molecule has 0 aliphatic carbocycles. The van der Waals surface area contributed by atoms with Gasteiger partial charge in [0.15, 0.2) is 11.5 Å². The number of carbonyl (C=O) groups excluding carboxylic acids is 3. The number of para-hydroxylation sites is 1. The second kappa shape index (κ2) is 11.6. The second-order valence-corrected chi connectivity index (χ2v) is 8.06. The molecule has 0 bridgehead atoms. The maximum Gasteiger partial charge on any atom is 0.326 e. The van der Waals surface area contributed by atoms with Crippen LogP contribution in [0.2, 0.25) is 0 Å². The smallest absolute Gasteiger partial charge is 0.326 e. The monoisotopic (exact) mass is 504 g/mol. The normalized spacial score (nSPS) is 12.2. The zero-order valence-corrected chi connectivity index (χ0v) is 19.5. The van der Waals surface area contributed by atoms with Gasteiger partial charge in [-0.1, -0.05) is 30.3 Å². The van der Waals surface area contributed by atoms with Gasteiger partial charge in [-0.25, -0.2) is 9.59 Å². The number of carboxylic acids is 1. The number of nitrogens with one attached hydrogen (secondary N) is 4. The highest BCUT2D eigenvalue weighted by Gasteiger charge is 2.22. The molecule has 37 heavy (non-hydrogen) atoms. The molecular weight excluding hydrogens is 480 g/mol. The molecule has 0 saturated heterocycles. The first kappa shape index (κ1) is 25.0. The molecule has 3 aromatic rings. The largest absolute Gasteiger partial charge is 0.480 e. The van der Waals surface area contributed by atoms with Crippen LogP contribution in [0, 0.1) is 0 Å². The predicted molar refractivity (Wildman–Crippen MR) is 134 cm³/mol. The maximum atomic E-state index is 12.5. The molecule has 0 spiro atoms. The molecule has 11 nitrogen and oxygen atoms in total. The number of carboxylic acid groups (broad SMARTS) is 1. The minimum atomic E-state index is -1.22. The summed E-state index contributed by atoms with van der Waals surface area (Å²) in [6.45, 7) is -0.340. The summed E-state index contributed by atoms with van der Waals surface area (Å²) in [5.41, 5.74) is 1.83. The lowest BCUT2D eigenvalue weighted by Gasteiger charge is -2.15. The van der Waals surface area contributed by atoms with E-state index in [9.17, 15) is 24.3 Å². The summed E-state index contributed by atoms with van der Waals surface area (Å²) in [7, 11) is 0. The third-order valence-electron chi connectivity index (χ3n) is 5.33. The lowest BCUT2D eigenvalue weighted by atomic mass is 10.1. The summed E-state index contributed by atoms with van der Waals surface area (Å²) in [6.07, 6.45) is 0.0183. The van der Waals surface area contributed by atoms with Gasteiger partial charge in [0.05, 0.1) is 6.54 Å². The van der Waals surface area contributed by atoms with Crippen LogP contribution in [0.5, 0.6) is 11.5 Å². The number of hydrogen-bond acceptors (Lipinski definition) is 6. The van der Waals surface area contributed by atoms with Crippen LogP contribution in [0.3, 0.4) is 0 Å². The minimum Gasteiger partial charge on any atom is -0.480 e. The standard InChI is InChI=1S/C26H24N4O7/c31-23(30-20(25(33)34)11-16-9-10-21-22(12-16)37-15-36-21)14-27-24(32)17-5-4-8-19(13-17)29-26(35)28-18-6-2-1-3-7-18/h1-10,12-13,20H,11,14-15H2,(H,27,32)(H,30,31)(H,33,34)(H2,28,29,35). The van der Waals surface area contributed by atoms with E-state index in [1.165, 1.54) is 12.1 Å². The number of benzene rings is 3. The van der Waals surface area contributed by atoms with Crippen LogP contribution in [0.15, 0.2) is 72.8 Å². The first-order valence-corrected chi connectivity index (χ1v) is 11.3. The average molecular weight is 504 g/mol. The van der Waals surface area contributed by atoms with Gasteiger partial charge in [-0.05, 0) is 48.0 Å². The van der Waals surface area contributed by atoms with Crippen molar-refractivity contribution in [2.45, 2.75) is 12.5 Å². The Balaban J connectivity index is 1.28. The van der Waals surface area contributed by atoms with Crippen molar-refractivity contribution in [3.63, 3.8) is 0 Å². The Morgan fingerprint density at radius 2 is 1.57 bits per heavy atom. The molecule has 4 rings (SSSR count). The summed E-state index contributed by atoms with van der Waals surface area (Å²) in [4.78, 5) is 48.8. The summed E-state index contributed by atoms with van der Waals surface area (Å²) >= 11 is 0. The van der Waals surface area contributed by atoms with Crippen molar-refractivity contribution in [3.8, 4) is 11.5 Å². The fraction of sp³-hybridized carbons (Fsp3) is 0.154. The van der Waals surface area contributed by atoms with Crippen LogP contribution in [0.4, 0.5) is 16.2 Å². The molecule has 1 aliphatic heterocycles. The fourth-order valence-electron chi connectivity index (χ4n) is 3.56. The van der Waals surface area contributed by atoms with E-state index >= 15 is 0 Å². The van der Waals surface area contributed by atoms with Gasteiger partial charge in [-0.3, -0.25) is 9.59 Å². The van der Waals surface area contributed by atoms with E-state index in [4.69, 9.17) is 9.47 Å². The predicted octanol–water partition coefficient (Wildman–Crippen LogP) is 2.60. The summed E-state index contributed by atoms with van der Waals surface area (Å²) in [5.74, 6) is -1.37. The van der Waals surface area contributed by atoms with Gasteiger partial charge in [0.25, 0.3) is 5.91 Å². The van der Waals surface area contributed by atoms with E-state index < -0.39 is 36.4 Å². The molecule has 1 atom stereocenters. The maximum absolute atomic E-state index is 12.5. The number of anilines is 2. The molecule has 11 heteroatoms. The van der Waals surface area contributed by atoms with Crippen molar-refractivity contribution in [2.75, 3.05) is 24.0 Å². The van der Waals surface area contributed by atoms with Crippen LogP contribution in [-0.4, -0.2) is 48.3 Å². The number of amides is 4. The molecule has 1 aliphatic rings. The summed E-state index contributed by atoms with van der Waals surface area (Å²) in [6, 6.07) is 18.4. The van der Waals surface area contributed by atoms with E-state index in [0.29, 0.717) is 28.4 Å². The number of fused-ring (bicyclic) bond motifs is 1. The van der Waals surface area contributed by atoms with Crippen molar-refractivity contribution in [2.24, 2.45) is 0 Å². The zero-order chi connectivity index (χ0) is 26.2. The zero-order valence-electron chi connectivity index (χ0n) is 19.5. The van der Waals surface area contributed by atoms with Crippen LogP contribution < -0.4 is 30.7 Å². The number of aliphatic carboxylic acids is 1. The Hall–Kier alpha value is -5.06. The van der Waals surface area contributed by atoms with Crippen LogP contribution in [0.1, 0.15) is 15.9 Å². The highest BCUT2D eigenvalue weighted by molar-refractivity contribution is 6.02. The number of hydrogen-bond donors (Lipinski definition) is 5. The van der Waals surface area contributed by atoms with Crippen molar-refractivity contribution in [1.82, 2.24) is 10.6 Å². The molecule has 4 amide bonds. The number of ether oxygens (including phenoxy) is 2. The second-order valence-electron chi connectivity index (χ2n) is 8.06. The Labute approximate surface area is 211 Å². The molecule has 3 aromatic carbocycles. The average Bonchev–Trinajstić information content (AvgIpc) is 3.35. The van der Waals surface area contributed by atoms with E-state index in [2.05, 4.69) is 21.3 Å². The first-order chi connectivity index (χ1) is 17.9. The number of rotatable bonds is 9. The third kappa shape index (κ3) is 6.98. The summed E-state index contributed by atoms with van der Waals surface area (Å²) in [5, 5.41) is 19.7. The van der Waals surface area contributed by atoms with Crippen molar-refractivity contribution in [1.29, 1.82) is 0 Å². The molecule has 0 aromatic heterocycles. The van der Waals surface area contributed by atoms with Crippen molar-refractivity contribution < 1.29 is 33.8 Å². The Kier molecular flexibility index (Phi) is 7.84. The molecule has 0 radical (unpaired) electrons. The molecule has 1 unspecified atom stereocenters.